The van der Waals surface area contributed by atoms with Crippen molar-refractivity contribution in [3.63, 3.8) is 0 Å². The standard InChI is InChI=1S/C46H77NO13/c1-24(2)19-35-45(59)40(46(60)47(35)11)44(58)26(4)16-18-34(50)23-33(49)17-15-25(3)42(56)31(9)36(51)13-12-14-37(52)32(10)43(57)28(6)20-27(5)41(55)29(7)21-38(53)39(54)22-30(8)48/h16,18-20,25-27,29-34,36-37,39,42-43,48-52,54,56-57,59-60H,12-15,17,21-23H2,1-11H3. The summed E-state index contributed by atoms with van der Waals surface area (Å²) in [6.07, 6.45) is -0.512. The Bertz CT molecular complexity index is 1610. The highest BCUT2D eigenvalue weighted by molar-refractivity contribution is 6.04. The molecule has 14 atom stereocenters. The van der Waals surface area contributed by atoms with Crippen LogP contribution in [-0.4, -0.2) is 122 Å². The molecule has 1 heterocycles. The zero-order valence-electron chi connectivity index (χ0n) is 37.7. The number of rotatable bonds is 28. The maximum absolute atomic E-state index is 13.1. The molecule has 0 radical (unpaired) electrons. The van der Waals surface area contributed by atoms with Crippen molar-refractivity contribution in [3.8, 4) is 11.6 Å². The van der Waals surface area contributed by atoms with Crippen LogP contribution < -0.4 is 0 Å². The molecule has 1 aromatic heterocycles. The van der Waals surface area contributed by atoms with Crippen LogP contribution in [0.4, 0.5) is 0 Å². The van der Waals surface area contributed by atoms with Gasteiger partial charge in [-0.3, -0.25) is 14.4 Å². The van der Waals surface area contributed by atoms with Gasteiger partial charge in [-0.15, -0.1) is 0 Å². The summed E-state index contributed by atoms with van der Waals surface area (Å²) >= 11 is 0. The number of aliphatic hydroxyl groups excluding tert-OH is 8. The Morgan fingerprint density at radius 2 is 1.28 bits per heavy atom. The number of hydrogen-bond donors (Lipinski definition) is 10. The van der Waals surface area contributed by atoms with Gasteiger partial charge < -0.3 is 55.6 Å². The first kappa shape index (κ1) is 54.8. The van der Waals surface area contributed by atoms with Crippen molar-refractivity contribution < 1.29 is 65.4 Å². The quantitative estimate of drug-likeness (QED) is 0.0411. The van der Waals surface area contributed by atoms with Gasteiger partial charge in [0.25, 0.3) is 0 Å². The van der Waals surface area contributed by atoms with Crippen molar-refractivity contribution in [1.29, 1.82) is 0 Å². The van der Waals surface area contributed by atoms with Crippen molar-refractivity contribution in [2.75, 3.05) is 0 Å². The molecule has 14 unspecified atom stereocenters. The molecule has 0 aliphatic carbocycles. The third-order valence-electron chi connectivity index (χ3n) is 11.7. The number of Topliss-reactive ketones (excluding diaryl/α,β-unsaturated/α-hetero) is 3. The minimum Gasteiger partial charge on any atom is -0.505 e. The predicted molar refractivity (Wildman–Crippen MR) is 231 cm³/mol. The second-order valence-electron chi connectivity index (χ2n) is 17.8. The number of carbonyl (C=O) groups is 3. The molecule has 14 heteroatoms. The van der Waals surface area contributed by atoms with E-state index < -0.39 is 90.0 Å². The van der Waals surface area contributed by atoms with E-state index in [0.717, 1.165) is 5.57 Å². The van der Waals surface area contributed by atoms with Crippen molar-refractivity contribution >= 4 is 23.4 Å². The van der Waals surface area contributed by atoms with E-state index in [1.165, 1.54) is 30.7 Å². The third-order valence-corrected chi connectivity index (χ3v) is 11.7. The fourth-order valence-corrected chi connectivity index (χ4v) is 7.50. The average Bonchev–Trinajstić information content (AvgIpc) is 3.38. The smallest absolute Gasteiger partial charge is 0.206 e. The van der Waals surface area contributed by atoms with Gasteiger partial charge in [-0.25, -0.2) is 0 Å². The minimum atomic E-state index is -1.35. The first-order valence-electron chi connectivity index (χ1n) is 21.4. The number of carbonyl (C=O) groups excluding carboxylic acids is 3. The molecule has 60 heavy (non-hydrogen) atoms. The average molecular weight is 852 g/mol. The van der Waals surface area contributed by atoms with Crippen LogP contribution in [0.25, 0.3) is 6.08 Å². The number of nitrogens with zero attached hydrogens (tertiary/aromatic N) is 1. The molecule has 344 valence electrons. The molecule has 0 aliphatic rings. The predicted octanol–water partition coefficient (Wildman–Crippen LogP) is 4.53. The monoisotopic (exact) mass is 852 g/mol. The summed E-state index contributed by atoms with van der Waals surface area (Å²) in [5.41, 5.74) is 1.44. The van der Waals surface area contributed by atoms with Crippen molar-refractivity contribution in [2.24, 2.45) is 42.6 Å². The Morgan fingerprint density at radius 3 is 1.83 bits per heavy atom. The molecule has 0 saturated heterocycles. The van der Waals surface area contributed by atoms with Gasteiger partial charge in [0.2, 0.25) is 5.88 Å². The van der Waals surface area contributed by atoms with Crippen LogP contribution in [0.15, 0.2) is 29.4 Å². The number of aliphatic hydroxyl groups is 8. The van der Waals surface area contributed by atoms with Crippen molar-refractivity contribution in [3.05, 3.63) is 40.6 Å². The molecule has 0 amide bonds. The number of ketones is 3. The van der Waals surface area contributed by atoms with Crippen LogP contribution in [0, 0.1) is 35.5 Å². The molecular formula is C46H77NO13. The van der Waals surface area contributed by atoms with E-state index >= 15 is 0 Å². The van der Waals surface area contributed by atoms with Crippen LogP contribution in [-0.2, 0) is 16.6 Å². The van der Waals surface area contributed by atoms with Gasteiger partial charge in [-0.1, -0.05) is 65.3 Å². The lowest BCUT2D eigenvalue weighted by molar-refractivity contribution is -0.133. The molecule has 0 aliphatic heterocycles. The maximum atomic E-state index is 13.1. The van der Waals surface area contributed by atoms with Crippen molar-refractivity contribution in [2.45, 2.75) is 169 Å². The fourth-order valence-electron chi connectivity index (χ4n) is 7.50. The van der Waals surface area contributed by atoms with Crippen LogP contribution in [0.5, 0.6) is 11.6 Å². The van der Waals surface area contributed by atoms with Crippen molar-refractivity contribution in [1.82, 2.24) is 4.57 Å². The van der Waals surface area contributed by atoms with Crippen LogP contribution >= 0.6 is 0 Å². The summed E-state index contributed by atoms with van der Waals surface area (Å²) in [4.78, 5) is 38.3. The fraction of sp³-hybridized carbons (Fsp3) is 0.717. The molecule has 1 aromatic rings. The van der Waals surface area contributed by atoms with E-state index in [0.29, 0.717) is 24.1 Å². The highest BCUT2D eigenvalue weighted by Gasteiger charge is 2.31. The number of hydrogen-bond acceptors (Lipinski definition) is 13. The lowest BCUT2D eigenvalue weighted by atomic mass is 9.83. The summed E-state index contributed by atoms with van der Waals surface area (Å²) in [5, 5.41) is 105. The van der Waals surface area contributed by atoms with Gasteiger partial charge in [-0.2, -0.15) is 0 Å². The number of aromatic nitrogens is 1. The maximum Gasteiger partial charge on any atom is 0.206 e. The topological polar surface area (TPSA) is 258 Å². The molecule has 0 bridgehead atoms. The number of aromatic hydroxyl groups is 2. The first-order valence-corrected chi connectivity index (χ1v) is 21.4. The Morgan fingerprint density at radius 1 is 0.717 bits per heavy atom. The summed E-state index contributed by atoms with van der Waals surface area (Å²) in [6, 6.07) is 0. The van der Waals surface area contributed by atoms with E-state index in [2.05, 4.69) is 0 Å². The largest absolute Gasteiger partial charge is 0.505 e. The molecule has 14 nitrogen and oxygen atoms in total. The van der Waals surface area contributed by atoms with Crippen LogP contribution in [0.2, 0.25) is 0 Å². The summed E-state index contributed by atoms with van der Waals surface area (Å²) in [5.74, 6) is -5.50. The Kier molecular flexibility index (Phi) is 23.4. The highest BCUT2D eigenvalue weighted by atomic mass is 16.3. The van der Waals surface area contributed by atoms with Crippen LogP contribution in [0.3, 0.4) is 0 Å². The normalized spacial score (nSPS) is 19.6. The lowest BCUT2D eigenvalue weighted by Gasteiger charge is -2.30. The Labute approximate surface area is 357 Å². The van der Waals surface area contributed by atoms with Crippen LogP contribution in [0.1, 0.15) is 137 Å². The van der Waals surface area contributed by atoms with E-state index in [1.807, 2.05) is 20.8 Å². The Hall–Kier alpha value is -3.21. The zero-order valence-corrected chi connectivity index (χ0v) is 37.7. The van der Waals surface area contributed by atoms with E-state index in [1.54, 1.807) is 53.7 Å². The molecule has 0 fully saturated rings. The first-order chi connectivity index (χ1) is 27.7. The van der Waals surface area contributed by atoms with Gasteiger partial charge in [-0.05, 0) is 77.4 Å². The van der Waals surface area contributed by atoms with Gasteiger partial charge in [0.1, 0.15) is 17.5 Å². The summed E-state index contributed by atoms with van der Waals surface area (Å²) < 4.78 is 1.32. The molecule has 0 spiro atoms. The van der Waals surface area contributed by atoms with E-state index in [9.17, 15) is 65.4 Å². The summed E-state index contributed by atoms with van der Waals surface area (Å²) in [7, 11) is 1.53. The molecule has 10 N–H and O–H groups in total. The second-order valence-corrected chi connectivity index (χ2v) is 17.8. The summed E-state index contributed by atoms with van der Waals surface area (Å²) in [6.45, 7) is 16.8. The lowest BCUT2D eigenvalue weighted by Crippen LogP contribution is -2.35. The molecule has 1 rings (SSSR count). The molecule has 0 saturated carbocycles. The zero-order chi connectivity index (χ0) is 46.3. The molecule has 0 aromatic carbocycles. The Balaban J connectivity index is 2.60. The van der Waals surface area contributed by atoms with Gasteiger partial charge >= 0.3 is 0 Å². The SMILES string of the molecule is CC(C)=Cc1c(O)c(C(=O)C(C)C=CC(O)CC(O)CCC(C)C(O)C(C)C(O)CCCC(O)C(C)C(O)C(C)=CC(C)C(=O)C(C)CC(=O)C(O)CC(C)O)c(O)n1C. The van der Waals surface area contributed by atoms with Gasteiger partial charge in [0, 0.05) is 55.9 Å². The van der Waals surface area contributed by atoms with E-state index in [-0.39, 0.29) is 67.4 Å². The van der Waals surface area contributed by atoms with Gasteiger partial charge in [0.05, 0.1) is 48.4 Å². The second kappa shape index (κ2) is 25.7. The number of allylic oxidation sites excluding steroid dienone is 3. The van der Waals surface area contributed by atoms with Gasteiger partial charge in [0.15, 0.2) is 17.3 Å². The highest BCUT2D eigenvalue weighted by Crippen LogP contribution is 2.37. The van der Waals surface area contributed by atoms with E-state index in [4.69, 9.17) is 0 Å². The molecular weight excluding hydrogens is 774 g/mol. The minimum absolute atomic E-state index is 0.0216. The third kappa shape index (κ3) is 16.9.